The van der Waals surface area contributed by atoms with Crippen LogP contribution in [0.4, 0.5) is 15.8 Å². The number of nitrogens with one attached hydrogen (secondary N) is 2. The highest BCUT2D eigenvalue weighted by molar-refractivity contribution is 6.05. The van der Waals surface area contributed by atoms with Gasteiger partial charge in [-0.25, -0.2) is 4.39 Å². The van der Waals surface area contributed by atoms with Crippen LogP contribution in [0.1, 0.15) is 35.2 Å². The van der Waals surface area contributed by atoms with E-state index in [4.69, 9.17) is 9.84 Å². The topological polar surface area (TPSA) is 105 Å². The lowest BCUT2D eigenvalue weighted by atomic mass is 9.99. The second-order valence-electron chi connectivity index (χ2n) is 6.36. The minimum atomic E-state index is -0.876. The number of carbonyl (C=O) groups is 3. The third-order valence-electron chi connectivity index (χ3n) is 4.25. The molecule has 0 unspecified atom stereocenters. The zero-order chi connectivity index (χ0) is 20.1. The molecule has 3 rings (SSSR count). The maximum Gasteiger partial charge on any atom is 0.303 e. The number of ether oxygens (including phenoxy) is 1. The predicted molar refractivity (Wildman–Crippen MR) is 100 cm³/mol. The fourth-order valence-corrected chi connectivity index (χ4v) is 2.82. The van der Waals surface area contributed by atoms with E-state index in [1.165, 1.54) is 6.07 Å². The monoisotopic (exact) mass is 386 g/mol. The van der Waals surface area contributed by atoms with Gasteiger partial charge in [0.25, 0.3) is 5.91 Å². The predicted octanol–water partition coefficient (Wildman–Crippen LogP) is 3.21. The van der Waals surface area contributed by atoms with Crippen molar-refractivity contribution >= 4 is 29.2 Å². The summed E-state index contributed by atoms with van der Waals surface area (Å²) in [5.74, 6) is -1.81. The summed E-state index contributed by atoms with van der Waals surface area (Å²) < 4.78 is 19.7. The molecule has 1 heterocycles. The molecule has 0 radical (unpaired) electrons. The molecule has 8 heteroatoms. The van der Waals surface area contributed by atoms with Crippen molar-refractivity contribution in [2.45, 2.75) is 25.7 Å². The van der Waals surface area contributed by atoms with E-state index in [2.05, 4.69) is 10.6 Å². The quantitative estimate of drug-likeness (QED) is 0.634. The van der Waals surface area contributed by atoms with E-state index in [1.807, 2.05) is 0 Å². The first-order chi connectivity index (χ1) is 13.4. The van der Waals surface area contributed by atoms with Crippen LogP contribution in [0.3, 0.4) is 0 Å². The fraction of sp³-hybridized carbons (Fsp3) is 0.250. The first-order valence-corrected chi connectivity index (χ1v) is 8.80. The molecule has 28 heavy (non-hydrogen) atoms. The molecule has 7 nitrogen and oxygen atoms in total. The lowest BCUT2D eigenvalue weighted by Gasteiger charge is -2.18. The Labute approximate surface area is 160 Å². The fourth-order valence-electron chi connectivity index (χ4n) is 2.82. The molecule has 0 spiro atoms. The second kappa shape index (κ2) is 8.51. The third kappa shape index (κ3) is 4.85. The molecule has 3 N–H and O–H groups in total. The molecule has 0 saturated carbocycles. The second-order valence-corrected chi connectivity index (χ2v) is 6.36. The van der Waals surface area contributed by atoms with E-state index < -0.39 is 17.7 Å². The van der Waals surface area contributed by atoms with Gasteiger partial charge in [0.15, 0.2) is 0 Å². The van der Waals surface area contributed by atoms with Crippen LogP contribution in [0.15, 0.2) is 36.4 Å². The van der Waals surface area contributed by atoms with E-state index in [9.17, 15) is 18.8 Å². The van der Waals surface area contributed by atoms with Gasteiger partial charge in [0.1, 0.15) is 11.6 Å². The molecule has 0 aromatic heterocycles. The van der Waals surface area contributed by atoms with Crippen LogP contribution in [-0.2, 0) is 16.0 Å². The van der Waals surface area contributed by atoms with Crippen LogP contribution in [0.5, 0.6) is 5.75 Å². The summed E-state index contributed by atoms with van der Waals surface area (Å²) in [7, 11) is 0. The molecule has 0 saturated heterocycles. The van der Waals surface area contributed by atoms with Gasteiger partial charge >= 0.3 is 5.97 Å². The molecule has 0 aliphatic carbocycles. The summed E-state index contributed by atoms with van der Waals surface area (Å²) in [4.78, 5) is 34.3. The minimum absolute atomic E-state index is 0.0319. The lowest BCUT2D eigenvalue weighted by Crippen LogP contribution is -2.21. The smallest absolute Gasteiger partial charge is 0.303 e. The van der Waals surface area contributed by atoms with E-state index in [0.29, 0.717) is 36.4 Å². The Morgan fingerprint density at radius 2 is 1.93 bits per heavy atom. The summed E-state index contributed by atoms with van der Waals surface area (Å²) in [6, 6.07) is 9.11. The van der Waals surface area contributed by atoms with Crippen LogP contribution in [-0.4, -0.2) is 29.5 Å². The van der Waals surface area contributed by atoms with Crippen LogP contribution < -0.4 is 15.4 Å². The minimum Gasteiger partial charge on any atom is -0.494 e. The molecule has 0 bridgehead atoms. The highest BCUT2D eigenvalue weighted by Crippen LogP contribution is 2.26. The van der Waals surface area contributed by atoms with Gasteiger partial charge < -0.3 is 20.5 Å². The Balaban J connectivity index is 1.62. The highest BCUT2D eigenvalue weighted by Gasteiger charge is 2.20. The van der Waals surface area contributed by atoms with Gasteiger partial charge in [-0.2, -0.15) is 0 Å². The van der Waals surface area contributed by atoms with E-state index >= 15 is 0 Å². The molecule has 1 aliphatic rings. The van der Waals surface area contributed by atoms with Gasteiger partial charge in [0.05, 0.1) is 12.2 Å². The van der Waals surface area contributed by atoms with Crippen molar-refractivity contribution in [1.82, 2.24) is 0 Å². The number of halogens is 1. The summed E-state index contributed by atoms with van der Waals surface area (Å²) in [5, 5.41) is 13.8. The van der Waals surface area contributed by atoms with E-state index in [-0.39, 0.29) is 24.5 Å². The van der Waals surface area contributed by atoms with Gasteiger partial charge in [-0.15, -0.1) is 0 Å². The average Bonchev–Trinajstić information content (AvgIpc) is 2.65. The SMILES string of the molecule is O=C(O)CCCOc1ccc(NC(=O)c2cc3c(cc2F)NC(=O)CC3)cc1. The molecule has 0 atom stereocenters. The molecule has 2 aromatic rings. The Morgan fingerprint density at radius 3 is 2.64 bits per heavy atom. The molecular formula is C20H19FN2O5. The van der Waals surface area contributed by atoms with Crippen LogP contribution >= 0.6 is 0 Å². The number of rotatable bonds is 7. The van der Waals surface area contributed by atoms with Crippen molar-refractivity contribution < 1.29 is 28.6 Å². The van der Waals surface area contributed by atoms with Gasteiger partial charge in [0.2, 0.25) is 5.91 Å². The number of aliphatic carboxylic acids is 1. The standard InChI is InChI=1S/C20H19FN2O5/c21-16-11-17-12(3-8-18(24)23-17)10-15(16)20(27)22-13-4-6-14(7-5-13)28-9-1-2-19(25)26/h4-7,10-11H,1-3,8-9H2,(H,22,27)(H,23,24)(H,25,26). The molecule has 146 valence electrons. The van der Waals surface area contributed by atoms with Gasteiger partial charge in [-0.05, 0) is 54.8 Å². The van der Waals surface area contributed by atoms with Crippen LogP contribution in [0.2, 0.25) is 0 Å². The lowest BCUT2D eigenvalue weighted by molar-refractivity contribution is -0.137. The number of hydrogen-bond donors (Lipinski definition) is 3. The van der Waals surface area contributed by atoms with Crippen molar-refractivity contribution in [3.8, 4) is 5.75 Å². The molecule has 1 aliphatic heterocycles. The van der Waals surface area contributed by atoms with E-state index in [0.717, 1.165) is 11.6 Å². The first-order valence-electron chi connectivity index (χ1n) is 8.80. The Kier molecular flexibility index (Phi) is 5.88. The molecule has 2 amide bonds. The molecule has 0 fully saturated rings. The number of carboxylic acids is 1. The van der Waals surface area contributed by atoms with Crippen molar-refractivity contribution in [2.24, 2.45) is 0 Å². The molecule has 2 aromatic carbocycles. The highest BCUT2D eigenvalue weighted by atomic mass is 19.1. The zero-order valence-electron chi connectivity index (χ0n) is 15.0. The summed E-state index contributed by atoms with van der Waals surface area (Å²) >= 11 is 0. The van der Waals surface area contributed by atoms with Crippen LogP contribution in [0.25, 0.3) is 0 Å². The normalized spacial score (nSPS) is 12.7. The Bertz CT molecular complexity index is 912. The van der Waals surface area contributed by atoms with Gasteiger partial charge in [0, 0.05) is 24.2 Å². The average molecular weight is 386 g/mol. The number of aryl methyl sites for hydroxylation is 1. The number of hydrogen-bond acceptors (Lipinski definition) is 4. The summed E-state index contributed by atoms with van der Waals surface area (Å²) in [6.45, 7) is 0.273. The zero-order valence-corrected chi connectivity index (χ0v) is 15.0. The summed E-state index contributed by atoms with van der Waals surface area (Å²) in [5.41, 5.74) is 1.49. The maximum absolute atomic E-state index is 14.3. The Hall–Kier alpha value is -3.42. The summed E-state index contributed by atoms with van der Waals surface area (Å²) in [6.07, 6.45) is 1.18. The van der Waals surface area contributed by atoms with Crippen molar-refractivity contribution in [3.05, 3.63) is 53.3 Å². The third-order valence-corrected chi connectivity index (χ3v) is 4.25. The van der Waals surface area contributed by atoms with Crippen molar-refractivity contribution in [1.29, 1.82) is 0 Å². The van der Waals surface area contributed by atoms with Crippen molar-refractivity contribution in [2.75, 3.05) is 17.2 Å². The van der Waals surface area contributed by atoms with Crippen LogP contribution in [0, 0.1) is 5.82 Å². The maximum atomic E-state index is 14.3. The van der Waals surface area contributed by atoms with E-state index in [1.54, 1.807) is 24.3 Å². The van der Waals surface area contributed by atoms with Gasteiger partial charge in [-0.3, -0.25) is 14.4 Å². The number of fused-ring (bicyclic) bond motifs is 1. The molecular weight excluding hydrogens is 367 g/mol. The Morgan fingerprint density at radius 1 is 1.18 bits per heavy atom. The first kappa shape index (κ1) is 19.3. The number of carboxylic acid groups (broad SMARTS) is 1. The van der Waals surface area contributed by atoms with Gasteiger partial charge in [-0.1, -0.05) is 0 Å². The number of anilines is 2. The number of benzene rings is 2. The largest absolute Gasteiger partial charge is 0.494 e. The van der Waals surface area contributed by atoms with Crippen molar-refractivity contribution in [3.63, 3.8) is 0 Å². The number of amides is 2. The number of carbonyl (C=O) groups excluding carboxylic acids is 2.